The molecule has 17 heavy (non-hydrogen) atoms. The highest BCUT2D eigenvalue weighted by Crippen LogP contribution is 2.34. The summed E-state index contributed by atoms with van der Waals surface area (Å²) >= 11 is 0. The number of hydrogen-bond donors (Lipinski definition) is 0. The Kier molecular flexibility index (Phi) is 4.70. The molecule has 0 aliphatic heterocycles. The molecule has 0 fully saturated rings. The van der Waals surface area contributed by atoms with E-state index in [4.69, 9.17) is 4.74 Å². The topological polar surface area (TPSA) is 26.3 Å². The van der Waals surface area contributed by atoms with Gasteiger partial charge in [-0.15, -0.1) is 13.2 Å². The molecule has 0 amide bonds. The molecule has 0 aliphatic rings. The molecule has 0 N–H and O–H groups in total. The van der Waals surface area contributed by atoms with Crippen molar-refractivity contribution in [3.63, 3.8) is 0 Å². The van der Waals surface area contributed by atoms with Crippen molar-refractivity contribution in [3.05, 3.63) is 61.2 Å². The highest BCUT2D eigenvalue weighted by Gasteiger charge is 2.38. The van der Waals surface area contributed by atoms with E-state index in [1.54, 1.807) is 12.2 Å². The lowest BCUT2D eigenvalue weighted by Crippen LogP contribution is -2.36. The highest BCUT2D eigenvalue weighted by atomic mass is 16.5. The number of carbonyl (C=O) groups is 1. The molecule has 0 heterocycles. The van der Waals surface area contributed by atoms with E-state index >= 15 is 0 Å². The first-order valence-corrected chi connectivity index (χ1v) is 5.57. The Morgan fingerprint density at radius 1 is 1.24 bits per heavy atom. The monoisotopic (exact) mass is 230 g/mol. The highest BCUT2D eigenvalue weighted by molar-refractivity contribution is 5.83. The third kappa shape index (κ3) is 2.64. The molecular weight excluding hydrogens is 212 g/mol. The number of allylic oxidation sites excluding steroid dienone is 2. The molecule has 0 unspecified atom stereocenters. The van der Waals surface area contributed by atoms with Crippen LogP contribution in [0.15, 0.2) is 55.6 Å². The standard InChI is InChI=1S/C15H18O2/c1-4-11-15(12-5-2,14(16)17-3)13-9-7-6-8-10-13/h4-10H,1-2,11-12H2,3H3. The van der Waals surface area contributed by atoms with Crippen molar-refractivity contribution in [1.82, 2.24) is 0 Å². The maximum atomic E-state index is 12.1. The molecule has 0 aromatic heterocycles. The van der Waals surface area contributed by atoms with E-state index in [9.17, 15) is 4.79 Å². The Balaban J connectivity index is 3.28. The summed E-state index contributed by atoms with van der Waals surface area (Å²) in [6.45, 7) is 7.46. The maximum absolute atomic E-state index is 12.1. The first-order valence-electron chi connectivity index (χ1n) is 5.57. The molecular formula is C15H18O2. The number of methoxy groups -OCH3 is 1. The zero-order chi connectivity index (χ0) is 12.7. The van der Waals surface area contributed by atoms with E-state index in [2.05, 4.69) is 13.2 Å². The Morgan fingerprint density at radius 2 is 1.76 bits per heavy atom. The average molecular weight is 230 g/mol. The van der Waals surface area contributed by atoms with Crippen LogP contribution < -0.4 is 0 Å². The van der Waals surface area contributed by atoms with Gasteiger partial charge in [0.1, 0.15) is 0 Å². The van der Waals surface area contributed by atoms with Crippen LogP contribution in [0.25, 0.3) is 0 Å². The van der Waals surface area contributed by atoms with Crippen molar-refractivity contribution >= 4 is 5.97 Å². The van der Waals surface area contributed by atoms with Crippen LogP contribution in [0.2, 0.25) is 0 Å². The first kappa shape index (κ1) is 13.2. The summed E-state index contributed by atoms with van der Waals surface area (Å²) in [6, 6.07) is 9.62. The molecule has 0 saturated carbocycles. The molecule has 2 nitrogen and oxygen atoms in total. The van der Waals surface area contributed by atoms with E-state index in [0.717, 1.165) is 5.56 Å². The summed E-state index contributed by atoms with van der Waals surface area (Å²) in [4.78, 5) is 12.1. The zero-order valence-corrected chi connectivity index (χ0v) is 10.2. The fourth-order valence-corrected chi connectivity index (χ4v) is 2.05. The molecule has 0 atom stereocenters. The molecule has 1 aromatic carbocycles. The van der Waals surface area contributed by atoms with Crippen LogP contribution in [-0.2, 0) is 14.9 Å². The fourth-order valence-electron chi connectivity index (χ4n) is 2.05. The second kappa shape index (κ2) is 6.04. The minimum Gasteiger partial charge on any atom is -0.468 e. The third-order valence-electron chi connectivity index (χ3n) is 2.89. The van der Waals surface area contributed by atoms with Crippen LogP contribution in [0.5, 0.6) is 0 Å². The SMILES string of the molecule is C=CCC(CC=C)(C(=O)OC)c1ccccc1. The van der Waals surface area contributed by atoms with Gasteiger partial charge in [-0.3, -0.25) is 4.79 Å². The normalized spacial score (nSPS) is 10.6. The second-order valence-electron chi connectivity index (χ2n) is 3.93. The van der Waals surface area contributed by atoms with Gasteiger partial charge in [-0.25, -0.2) is 0 Å². The van der Waals surface area contributed by atoms with Gasteiger partial charge >= 0.3 is 5.97 Å². The second-order valence-corrected chi connectivity index (χ2v) is 3.93. The van der Waals surface area contributed by atoms with E-state index in [1.807, 2.05) is 30.3 Å². The van der Waals surface area contributed by atoms with Crippen LogP contribution in [0, 0.1) is 0 Å². The number of esters is 1. The predicted molar refractivity (Wildman–Crippen MR) is 69.8 cm³/mol. The minimum atomic E-state index is -0.695. The minimum absolute atomic E-state index is 0.247. The van der Waals surface area contributed by atoms with Gasteiger partial charge < -0.3 is 4.74 Å². The van der Waals surface area contributed by atoms with E-state index < -0.39 is 5.41 Å². The van der Waals surface area contributed by atoms with Crippen LogP contribution in [-0.4, -0.2) is 13.1 Å². The van der Waals surface area contributed by atoms with E-state index in [-0.39, 0.29) is 5.97 Å². The lowest BCUT2D eigenvalue weighted by atomic mass is 9.75. The largest absolute Gasteiger partial charge is 0.468 e. The smallest absolute Gasteiger partial charge is 0.316 e. The number of ether oxygens (including phenoxy) is 1. The Morgan fingerprint density at radius 3 is 2.18 bits per heavy atom. The number of carbonyl (C=O) groups excluding carboxylic acids is 1. The van der Waals surface area contributed by atoms with Gasteiger partial charge in [-0.1, -0.05) is 42.5 Å². The maximum Gasteiger partial charge on any atom is 0.316 e. The van der Waals surface area contributed by atoms with Crippen molar-refractivity contribution in [2.24, 2.45) is 0 Å². The Labute approximate surface area is 103 Å². The number of hydrogen-bond acceptors (Lipinski definition) is 2. The fraction of sp³-hybridized carbons (Fsp3) is 0.267. The lowest BCUT2D eigenvalue weighted by molar-refractivity contribution is -0.147. The third-order valence-corrected chi connectivity index (χ3v) is 2.89. The molecule has 2 heteroatoms. The van der Waals surface area contributed by atoms with E-state index in [0.29, 0.717) is 12.8 Å². The summed E-state index contributed by atoms with van der Waals surface area (Å²) in [5, 5.41) is 0. The van der Waals surface area contributed by atoms with Crippen molar-refractivity contribution in [2.75, 3.05) is 7.11 Å². The number of rotatable bonds is 6. The van der Waals surface area contributed by atoms with Gasteiger partial charge in [0.25, 0.3) is 0 Å². The molecule has 0 bridgehead atoms. The Hall–Kier alpha value is -1.83. The average Bonchev–Trinajstić information content (AvgIpc) is 2.38. The Bertz CT molecular complexity index is 383. The van der Waals surface area contributed by atoms with Gasteiger partial charge in [-0.2, -0.15) is 0 Å². The molecule has 0 radical (unpaired) electrons. The van der Waals surface area contributed by atoms with Gasteiger partial charge in [0.2, 0.25) is 0 Å². The van der Waals surface area contributed by atoms with Crippen molar-refractivity contribution < 1.29 is 9.53 Å². The van der Waals surface area contributed by atoms with Gasteiger partial charge in [0.15, 0.2) is 0 Å². The molecule has 1 aromatic rings. The van der Waals surface area contributed by atoms with Crippen LogP contribution in [0.1, 0.15) is 18.4 Å². The zero-order valence-electron chi connectivity index (χ0n) is 10.2. The lowest BCUT2D eigenvalue weighted by Gasteiger charge is -2.29. The quantitative estimate of drug-likeness (QED) is 0.554. The summed E-state index contributed by atoms with van der Waals surface area (Å²) < 4.78 is 4.94. The summed E-state index contributed by atoms with van der Waals surface area (Å²) in [6.07, 6.45) is 4.56. The van der Waals surface area contributed by atoms with Crippen LogP contribution >= 0.6 is 0 Å². The molecule has 0 spiro atoms. The van der Waals surface area contributed by atoms with Crippen LogP contribution in [0.3, 0.4) is 0 Å². The first-order chi connectivity index (χ1) is 8.21. The molecule has 0 saturated heterocycles. The molecule has 90 valence electrons. The van der Waals surface area contributed by atoms with Crippen molar-refractivity contribution in [2.45, 2.75) is 18.3 Å². The summed E-state index contributed by atoms with van der Waals surface area (Å²) in [5.74, 6) is -0.247. The van der Waals surface area contributed by atoms with Crippen molar-refractivity contribution in [3.8, 4) is 0 Å². The molecule has 1 rings (SSSR count). The van der Waals surface area contributed by atoms with Gasteiger partial charge in [0.05, 0.1) is 12.5 Å². The summed E-state index contributed by atoms with van der Waals surface area (Å²) in [5.41, 5.74) is 0.242. The summed E-state index contributed by atoms with van der Waals surface area (Å²) in [7, 11) is 1.41. The predicted octanol–water partition coefficient (Wildman–Crippen LogP) is 3.25. The van der Waals surface area contributed by atoms with Gasteiger partial charge in [0, 0.05) is 0 Å². The van der Waals surface area contributed by atoms with Crippen molar-refractivity contribution in [1.29, 1.82) is 0 Å². The van der Waals surface area contributed by atoms with Gasteiger partial charge in [-0.05, 0) is 18.4 Å². The number of benzene rings is 1. The van der Waals surface area contributed by atoms with Crippen LogP contribution in [0.4, 0.5) is 0 Å². The van der Waals surface area contributed by atoms with E-state index in [1.165, 1.54) is 7.11 Å². The molecule has 0 aliphatic carbocycles.